The van der Waals surface area contributed by atoms with Crippen LogP contribution >= 0.6 is 0 Å². The van der Waals surface area contributed by atoms with Gasteiger partial charge in [-0.05, 0) is 37.0 Å². The first-order chi connectivity index (χ1) is 11.6. The fourth-order valence-electron chi connectivity index (χ4n) is 2.34. The van der Waals surface area contributed by atoms with Gasteiger partial charge in [0.1, 0.15) is 0 Å². The maximum Gasteiger partial charge on any atom is 0.271 e. The molecule has 1 N–H and O–H groups in total. The Morgan fingerprint density at radius 1 is 1.12 bits per heavy atom. The smallest absolute Gasteiger partial charge is 0.271 e. The summed E-state index contributed by atoms with van der Waals surface area (Å²) < 4.78 is 0. The molecule has 5 heteroatoms. The number of amides is 1. The lowest BCUT2D eigenvalue weighted by molar-refractivity contribution is 0.0946. The predicted molar refractivity (Wildman–Crippen MR) is 97.0 cm³/mol. The highest BCUT2D eigenvalue weighted by Gasteiger charge is 2.11. The van der Waals surface area contributed by atoms with Crippen molar-refractivity contribution in [2.45, 2.75) is 33.7 Å². The zero-order chi connectivity index (χ0) is 17.4. The number of aromatic nitrogens is 2. The van der Waals surface area contributed by atoms with Gasteiger partial charge in [0, 0.05) is 19.6 Å². The second-order valence-electron chi connectivity index (χ2n) is 6.21. The number of nitrogens with zero attached hydrogens (tertiary/aromatic N) is 3. The first-order valence-electron chi connectivity index (χ1n) is 8.51. The Balaban J connectivity index is 1.97. The van der Waals surface area contributed by atoms with Crippen LogP contribution in [0, 0.1) is 5.92 Å². The van der Waals surface area contributed by atoms with Crippen molar-refractivity contribution in [2.75, 3.05) is 18.0 Å². The highest BCUT2D eigenvalue weighted by molar-refractivity contribution is 5.92. The van der Waals surface area contributed by atoms with Gasteiger partial charge in [-0.2, -0.15) is 0 Å². The van der Waals surface area contributed by atoms with Gasteiger partial charge in [0.25, 0.3) is 5.91 Å². The molecule has 0 radical (unpaired) electrons. The third-order valence-corrected chi connectivity index (χ3v) is 3.81. The zero-order valence-corrected chi connectivity index (χ0v) is 14.7. The molecule has 128 valence electrons. The Hall–Kier alpha value is -2.43. The molecule has 1 aromatic heterocycles. The van der Waals surface area contributed by atoms with Crippen molar-refractivity contribution in [1.82, 2.24) is 15.5 Å². The third kappa shape index (κ3) is 5.33. The van der Waals surface area contributed by atoms with Crippen LogP contribution in [0.15, 0.2) is 42.5 Å². The lowest BCUT2D eigenvalue weighted by Crippen LogP contribution is -2.27. The minimum Gasteiger partial charge on any atom is -0.351 e. The molecule has 2 rings (SSSR count). The number of carbonyl (C=O) groups is 1. The van der Waals surface area contributed by atoms with E-state index in [1.165, 1.54) is 5.56 Å². The number of rotatable bonds is 8. The number of hydrogen-bond acceptors (Lipinski definition) is 4. The highest BCUT2D eigenvalue weighted by Crippen LogP contribution is 2.13. The summed E-state index contributed by atoms with van der Waals surface area (Å²) in [4.78, 5) is 14.2. The number of benzene rings is 1. The summed E-state index contributed by atoms with van der Waals surface area (Å²) >= 11 is 0. The average Bonchev–Trinajstić information content (AvgIpc) is 2.60. The van der Waals surface area contributed by atoms with Gasteiger partial charge in [-0.15, -0.1) is 10.2 Å². The molecular formula is C19H26N4O. The number of hydrogen-bond donors (Lipinski definition) is 1. The Morgan fingerprint density at radius 3 is 2.46 bits per heavy atom. The molecule has 0 atom stereocenters. The molecular weight excluding hydrogens is 300 g/mol. The molecule has 1 aromatic carbocycles. The van der Waals surface area contributed by atoms with Gasteiger partial charge < -0.3 is 10.2 Å². The van der Waals surface area contributed by atoms with Crippen LogP contribution in [-0.4, -0.2) is 29.2 Å². The second kappa shape index (κ2) is 9.01. The van der Waals surface area contributed by atoms with Gasteiger partial charge in [-0.1, -0.05) is 44.2 Å². The quantitative estimate of drug-likeness (QED) is 0.809. The summed E-state index contributed by atoms with van der Waals surface area (Å²) in [6.07, 6.45) is 0.956. The molecule has 5 nitrogen and oxygen atoms in total. The SMILES string of the molecule is CCN(Cc1ccccc1)c1ccc(C(=O)NCCC(C)C)nn1. The predicted octanol–water partition coefficient (Wildman–Crippen LogP) is 3.28. The van der Waals surface area contributed by atoms with Crippen LogP contribution in [0.3, 0.4) is 0 Å². The van der Waals surface area contributed by atoms with Crippen molar-refractivity contribution < 1.29 is 4.79 Å². The fourth-order valence-corrected chi connectivity index (χ4v) is 2.34. The van der Waals surface area contributed by atoms with Gasteiger partial charge in [0.05, 0.1) is 0 Å². The van der Waals surface area contributed by atoms with Crippen molar-refractivity contribution in [1.29, 1.82) is 0 Å². The van der Waals surface area contributed by atoms with Crippen molar-refractivity contribution in [2.24, 2.45) is 5.92 Å². The molecule has 0 saturated heterocycles. The maximum atomic E-state index is 12.0. The molecule has 0 fully saturated rings. The van der Waals surface area contributed by atoms with E-state index >= 15 is 0 Å². The van der Waals surface area contributed by atoms with E-state index in [1.54, 1.807) is 6.07 Å². The molecule has 0 saturated carbocycles. The molecule has 1 amide bonds. The highest BCUT2D eigenvalue weighted by atomic mass is 16.1. The van der Waals surface area contributed by atoms with Crippen LogP contribution in [0.4, 0.5) is 5.82 Å². The van der Waals surface area contributed by atoms with Crippen LogP contribution in [0.5, 0.6) is 0 Å². The summed E-state index contributed by atoms with van der Waals surface area (Å²) in [5.41, 5.74) is 1.58. The largest absolute Gasteiger partial charge is 0.351 e. The van der Waals surface area contributed by atoms with Gasteiger partial charge in [0.15, 0.2) is 11.5 Å². The van der Waals surface area contributed by atoms with Crippen molar-refractivity contribution >= 4 is 11.7 Å². The molecule has 1 heterocycles. The fraction of sp³-hybridized carbons (Fsp3) is 0.421. The minimum atomic E-state index is -0.166. The number of carbonyl (C=O) groups excluding carboxylic acids is 1. The van der Waals surface area contributed by atoms with Gasteiger partial charge in [-0.25, -0.2) is 0 Å². The molecule has 0 aliphatic heterocycles. The average molecular weight is 326 g/mol. The van der Waals surface area contributed by atoms with E-state index in [1.807, 2.05) is 24.3 Å². The minimum absolute atomic E-state index is 0.166. The van der Waals surface area contributed by atoms with E-state index in [-0.39, 0.29) is 5.91 Å². The summed E-state index contributed by atoms with van der Waals surface area (Å²) in [6, 6.07) is 13.8. The van der Waals surface area contributed by atoms with Crippen molar-refractivity contribution in [3.8, 4) is 0 Å². The van der Waals surface area contributed by atoms with Crippen LogP contribution < -0.4 is 10.2 Å². The number of nitrogens with one attached hydrogen (secondary N) is 1. The van der Waals surface area contributed by atoms with E-state index in [0.29, 0.717) is 18.2 Å². The Bertz CT molecular complexity index is 626. The first kappa shape index (κ1) is 17.9. The lowest BCUT2D eigenvalue weighted by atomic mass is 10.1. The lowest BCUT2D eigenvalue weighted by Gasteiger charge is -2.21. The number of anilines is 1. The Kier molecular flexibility index (Phi) is 6.73. The summed E-state index contributed by atoms with van der Waals surface area (Å²) in [6.45, 7) is 8.60. The Morgan fingerprint density at radius 2 is 1.88 bits per heavy atom. The van der Waals surface area contributed by atoms with Crippen molar-refractivity contribution in [3.05, 3.63) is 53.7 Å². The van der Waals surface area contributed by atoms with E-state index < -0.39 is 0 Å². The van der Waals surface area contributed by atoms with Crippen LogP contribution in [0.2, 0.25) is 0 Å². The normalized spacial score (nSPS) is 10.7. The molecule has 0 unspecified atom stereocenters. The molecule has 0 bridgehead atoms. The summed E-state index contributed by atoms with van der Waals surface area (Å²) in [5, 5.41) is 11.2. The molecule has 0 aliphatic carbocycles. The maximum absolute atomic E-state index is 12.0. The van der Waals surface area contributed by atoms with Gasteiger partial charge in [0.2, 0.25) is 0 Å². The van der Waals surface area contributed by atoms with E-state index in [2.05, 4.69) is 53.3 Å². The molecule has 24 heavy (non-hydrogen) atoms. The molecule has 2 aromatic rings. The summed E-state index contributed by atoms with van der Waals surface area (Å²) in [5.74, 6) is 1.18. The second-order valence-corrected chi connectivity index (χ2v) is 6.21. The molecule has 0 spiro atoms. The van der Waals surface area contributed by atoms with Gasteiger partial charge >= 0.3 is 0 Å². The monoisotopic (exact) mass is 326 g/mol. The van der Waals surface area contributed by atoms with E-state index in [4.69, 9.17) is 0 Å². The standard InChI is InChI=1S/C19H26N4O/c1-4-23(14-16-8-6-5-7-9-16)18-11-10-17(21-22-18)19(24)20-13-12-15(2)3/h5-11,15H,4,12-14H2,1-3H3,(H,20,24). The van der Waals surface area contributed by atoms with Crippen LogP contribution in [-0.2, 0) is 6.54 Å². The summed E-state index contributed by atoms with van der Waals surface area (Å²) in [7, 11) is 0. The topological polar surface area (TPSA) is 58.1 Å². The molecule has 0 aliphatic rings. The van der Waals surface area contributed by atoms with Gasteiger partial charge in [-0.3, -0.25) is 4.79 Å². The van der Waals surface area contributed by atoms with Crippen molar-refractivity contribution in [3.63, 3.8) is 0 Å². The zero-order valence-electron chi connectivity index (χ0n) is 14.7. The van der Waals surface area contributed by atoms with E-state index in [0.717, 1.165) is 25.3 Å². The van der Waals surface area contributed by atoms with E-state index in [9.17, 15) is 4.79 Å². The van der Waals surface area contributed by atoms with Crippen LogP contribution in [0.25, 0.3) is 0 Å². The first-order valence-corrected chi connectivity index (χ1v) is 8.51. The van der Waals surface area contributed by atoms with Crippen LogP contribution in [0.1, 0.15) is 43.2 Å². The Labute approximate surface area is 144 Å². The third-order valence-electron chi connectivity index (χ3n) is 3.81.